The Balaban J connectivity index is 1.54. The molecule has 0 atom stereocenters. The van der Waals surface area contributed by atoms with Crippen molar-refractivity contribution in [3.8, 4) is 0 Å². The average molecular weight is 330 g/mol. The molecule has 0 spiro atoms. The van der Waals surface area contributed by atoms with Crippen LogP contribution < -0.4 is 10.2 Å². The Morgan fingerprint density at radius 2 is 1.76 bits per heavy atom. The Labute approximate surface area is 146 Å². The Kier molecular flexibility index (Phi) is 4.12. The molecule has 124 valence electrons. The summed E-state index contributed by atoms with van der Waals surface area (Å²) in [5.74, 6) is 0.507. The number of hydrogen-bond donors (Lipinski definition) is 1. The molecule has 1 aromatic heterocycles. The largest absolute Gasteiger partial charge is 0.339 e. The summed E-state index contributed by atoms with van der Waals surface area (Å²) in [6.45, 7) is 0.710. The van der Waals surface area contributed by atoms with Gasteiger partial charge in [0.25, 0.3) is 5.91 Å². The number of nitrogens with one attached hydrogen (secondary N) is 1. The van der Waals surface area contributed by atoms with Gasteiger partial charge in [-0.15, -0.1) is 0 Å². The number of anilines is 3. The maximum atomic E-state index is 12.8. The van der Waals surface area contributed by atoms with Crippen LogP contribution in [0.5, 0.6) is 0 Å². The molecule has 2 aromatic carbocycles. The van der Waals surface area contributed by atoms with E-state index in [9.17, 15) is 4.79 Å². The van der Waals surface area contributed by atoms with Gasteiger partial charge in [0, 0.05) is 17.9 Å². The van der Waals surface area contributed by atoms with E-state index in [-0.39, 0.29) is 5.91 Å². The zero-order valence-corrected chi connectivity index (χ0v) is 13.7. The van der Waals surface area contributed by atoms with Gasteiger partial charge in [-0.3, -0.25) is 4.79 Å². The molecule has 0 radical (unpaired) electrons. The summed E-state index contributed by atoms with van der Waals surface area (Å²) < 4.78 is 0. The Bertz CT molecular complexity index is 878. The summed E-state index contributed by atoms with van der Waals surface area (Å²) in [6.07, 6.45) is 5.09. The number of fused-ring (bicyclic) bond motifs is 1. The number of aromatic nitrogens is 2. The Hall–Kier alpha value is -3.21. The molecule has 5 nitrogen and oxygen atoms in total. The van der Waals surface area contributed by atoms with Crippen LogP contribution in [-0.2, 0) is 6.42 Å². The number of amides is 1. The molecule has 4 rings (SSSR count). The summed E-state index contributed by atoms with van der Waals surface area (Å²) in [6, 6.07) is 17.8. The summed E-state index contributed by atoms with van der Waals surface area (Å²) in [5, 5.41) is 3.17. The van der Waals surface area contributed by atoms with Crippen molar-refractivity contribution in [3.63, 3.8) is 0 Å². The van der Waals surface area contributed by atoms with Gasteiger partial charge in [0.15, 0.2) is 0 Å². The topological polar surface area (TPSA) is 58.1 Å². The summed E-state index contributed by atoms with van der Waals surface area (Å²) in [4.78, 5) is 23.3. The zero-order chi connectivity index (χ0) is 17.1. The highest BCUT2D eigenvalue weighted by molar-refractivity contribution is 6.05. The third kappa shape index (κ3) is 3.21. The van der Waals surface area contributed by atoms with Gasteiger partial charge in [-0.25, -0.2) is 9.97 Å². The first-order chi connectivity index (χ1) is 12.3. The molecule has 25 heavy (non-hydrogen) atoms. The van der Waals surface area contributed by atoms with E-state index < -0.39 is 0 Å². The van der Waals surface area contributed by atoms with Crippen molar-refractivity contribution in [1.29, 1.82) is 0 Å². The molecule has 0 fully saturated rings. The molecule has 3 aromatic rings. The van der Waals surface area contributed by atoms with Crippen LogP contribution in [0, 0.1) is 0 Å². The minimum atomic E-state index is -0.106. The molecular weight excluding hydrogens is 312 g/mol. The number of para-hydroxylation sites is 2. The molecule has 1 N–H and O–H groups in total. The smallest absolute Gasteiger partial charge is 0.278 e. The standard InChI is InChI=1S/C20H18N4O/c25-20(24-12-6-8-15-7-4-5-11-18(15)24)17-13-22-19(14-21-17)23-16-9-2-1-3-10-16/h1-5,7,9-11,13-14H,6,8,12H2,(H,22,23). The highest BCUT2D eigenvalue weighted by atomic mass is 16.2. The second kappa shape index (κ2) is 6.73. The van der Waals surface area contributed by atoms with Crippen molar-refractivity contribution >= 4 is 23.1 Å². The van der Waals surface area contributed by atoms with Crippen molar-refractivity contribution in [2.75, 3.05) is 16.8 Å². The van der Waals surface area contributed by atoms with Gasteiger partial charge in [-0.1, -0.05) is 36.4 Å². The van der Waals surface area contributed by atoms with Gasteiger partial charge < -0.3 is 10.2 Å². The van der Waals surface area contributed by atoms with E-state index in [0.717, 1.165) is 24.2 Å². The summed E-state index contributed by atoms with van der Waals surface area (Å²) in [5.41, 5.74) is 3.47. The van der Waals surface area contributed by atoms with E-state index in [1.165, 1.54) is 11.8 Å². The number of hydrogen-bond acceptors (Lipinski definition) is 4. The summed E-state index contributed by atoms with van der Waals surface area (Å²) >= 11 is 0. The lowest BCUT2D eigenvalue weighted by Crippen LogP contribution is -2.36. The predicted molar refractivity (Wildman–Crippen MR) is 98.2 cm³/mol. The van der Waals surface area contributed by atoms with Crippen molar-refractivity contribution in [2.24, 2.45) is 0 Å². The molecule has 0 bridgehead atoms. The maximum absolute atomic E-state index is 12.8. The lowest BCUT2D eigenvalue weighted by atomic mass is 10.0. The minimum absolute atomic E-state index is 0.106. The van der Waals surface area contributed by atoms with Crippen LogP contribution in [0.1, 0.15) is 22.5 Å². The minimum Gasteiger partial charge on any atom is -0.339 e. The fraction of sp³-hybridized carbons (Fsp3) is 0.150. The van der Waals surface area contributed by atoms with Crippen molar-refractivity contribution in [2.45, 2.75) is 12.8 Å². The fourth-order valence-electron chi connectivity index (χ4n) is 3.06. The van der Waals surface area contributed by atoms with Crippen LogP contribution in [0.25, 0.3) is 0 Å². The quantitative estimate of drug-likeness (QED) is 0.793. The first-order valence-corrected chi connectivity index (χ1v) is 8.35. The van der Waals surface area contributed by atoms with Crippen molar-refractivity contribution < 1.29 is 4.79 Å². The second-order valence-corrected chi connectivity index (χ2v) is 5.97. The lowest BCUT2D eigenvalue weighted by molar-refractivity contribution is 0.0980. The molecular formula is C20H18N4O. The highest BCUT2D eigenvalue weighted by Crippen LogP contribution is 2.27. The molecule has 0 saturated heterocycles. The molecule has 1 aliphatic rings. The molecule has 1 aliphatic heterocycles. The van der Waals surface area contributed by atoms with E-state index in [1.54, 1.807) is 11.1 Å². The van der Waals surface area contributed by atoms with Crippen molar-refractivity contribution in [3.05, 3.63) is 78.2 Å². The van der Waals surface area contributed by atoms with E-state index in [1.807, 2.05) is 48.5 Å². The number of aryl methyl sites for hydroxylation is 1. The second-order valence-electron chi connectivity index (χ2n) is 5.97. The van der Waals surface area contributed by atoms with Gasteiger partial charge >= 0.3 is 0 Å². The van der Waals surface area contributed by atoms with Crippen LogP contribution in [-0.4, -0.2) is 22.4 Å². The number of benzene rings is 2. The van der Waals surface area contributed by atoms with Gasteiger partial charge in [-0.2, -0.15) is 0 Å². The van der Waals surface area contributed by atoms with Crippen molar-refractivity contribution in [1.82, 2.24) is 9.97 Å². The predicted octanol–water partition coefficient (Wildman–Crippen LogP) is 3.81. The molecule has 2 heterocycles. The average Bonchev–Trinajstić information content (AvgIpc) is 2.68. The maximum Gasteiger partial charge on any atom is 0.278 e. The van der Waals surface area contributed by atoms with Gasteiger partial charge in [-0.05, 0) is 36.6 Å². The van der Waals surface area contributed by atoms with Crippen LogP contribution in [0.15, 0.2) is 67.0 Å². The first-order valence-electron chi connectivity index (χ1n) is 8.35. The van der Waals surface area contributed by atoms with E-state index in [2.05, 4.69) is 21.4 Å². The SMILES string of the molecule is O=C(c1cnc(Nc2ccccc2)cn1)N1CCCc2ccccc21. The number of carbonyl (C=O) groups excluding carboxylic acids is 1. The van der Waals surface area contributed by atoms with E-state index in [0.29, 0.717) is 18.1 Å². The normalized spacial score (nSPS) is 13.2. The summed E-state index contributed by atoms with van der Waals surface area (Å²) in [7, 11) is 0. The van der Waals surface area contributed by atoms with E-state index in [4.69, 9.17) is 0 Å². The van der Waals surface area contributed by atoms with Crippen LogP contribution >= 0.6 is 0 Å². The number of nitrogens with zero attached hydrogens (tertiary/aromatic N) is 3. The fourth-order valence-corrected chi connectivity index (χ4v) is 3.06. The molecule has 0 saturated carbocycles. The Morgan fingerprint density at radius 3 is 2.56 bits per heavy atom. The van der Waals surface area contributed by atoms with Crippen LogP contribution in [0.3, 0.4) is 0 Å². The molecule has 0 unspecified atom stereocenters. The highest BCUT2D eigenvalue weighted by Gasteiger charge is 2.24. The third-order valence-electron chi connectivity index (χ3n) is 4.27. The third-order valence-corrected chi connectivity index (χ3v) is 4.27. The van der Waals surface area contributed by atoms with Gasteiger partial charge in [0.2, 0.25) is 0 Å². The number of rotatable bonds is 3. The van der Waals surface area contributed by atoms with E-state index >= 15 is 0 Å². The Morgan fingerprint density at radius 1 is 0.960 bits per heavy atom. The molecule has 0 aliphatic carbocycles. The van der Waals surface area contributed by atoms with Crippen LogP contribution in [0.4, 0.5) is 17.2 Å². The van der Waals surface area contributed by atoms with Gasteiger partial charge in [0.05, 0.1) is 12.4 Å². The molecule has 5 heteroatoms. The number of carbonyl (C=O) groups is 1. The van der Waals surface area contributed by atoms with Crippen LogP contribution in [0.2, 0.25) is 0 Å². The lowest BCUT2D eigenvalue weighted by Gasteiger charge is -2.29. The monoisotopic (exact) mass is 330 g/mol. The molecule has 1 amide bonds. The van der Waals surface area contributed by atoms with Gasteiger partial charge in [0.1, 0.15) is 11.5 Å². The first kappa shape index (κ1) is 15.3. The zero-order valence-electron chi connectivity index (χ0n) is 13.7.